The number of nitrogens with zero attached hydrogens (tertiary/aromatic N) is 1. The second-order valence-electron chi connectivity index (χ2n) is 2.97. The summed E-state index contributed by atoms with van der Waals surface area (Å²) in [7, 11) is 0. The molecule has 0 aliphatic carbocycles. The quantitative estimate of drug-likeness (QED) is 0.350. The van der Waals surface area contributed by atoms with Crippen LogP contribution in [-0.4, -0.2) is 22.6 Å². The van der Waals surface area contributed by atoms with Crippen molar-refractivity contribution < 1.29 is 9.53 Å². The Morgan fingerprint density at radius 3 is 2.81 bits per heavy atom. The van der Waals surface area contributed by atoms with Gasteiger partial charge in [-0.3, -0.25) is 4.79 Å². The number of amides is 1. The van der Waals surface area contributed by atoms with Crippen LogP contribution in [0.5, 0.6) is 5.75 Å². The number of hydrogen-bond acceptors (Lipinski definition) is 4. The van der Waals surface area contributed by atoms with Crippen molar-refractivity contribution >= 4 is 23.2 Å². The first kappa shape index (κ1) is 12.4. The summed E-state index contributed by atoms with van der Waals surface area (Å²) in [4.78, 5) is 11.7. The number of carbonyl (C=O) groups is 1. The highest BCUT2D eigenvalue weighted by Crippen LogP contribution is 2.14. The Hall–Kier alpha value is -1.66. The van der Waals surface area contributed by atoms with Crippen molar-refractivity contribution in [3.05, 3.63) is 29.8 Å². The van der Waals surface area contributed by atoms with Gasteiger partial charge in [0.25, 0.3) is 5.91 Å². The summed E-state index contributed by atoms with van der Waals surface area (Å²) in [5, 5.41) is 0.548. The Bertz CT molecular complexity index is 409. The molecule has 6 heteroatoms. The van der Waals surface area contributed by atoms with E-state index in [1.165, 1.54) is 0 Å². The summed E-state index contributed by atoms with van der Waals surface area (Å²) in [5.74, 6) is 5.53. The Morgan fingerprint density at radius 2 is 2.25 bits per heavy atom. The van der Waals surface area contributed by atoms with E-state index in [1.807, 2.05) is 6.92 Å². The molecule has 0 fully saturated rings. The number of thiocarbonyl (C=S) groups is 1. The van der Waals surface area contributed by atoms with Crippen molar-refractivity contribution in [3.63, 3.8) is 0 Å². The van der Waals surface area contributed by atoms with Gasteiger partial charge in [0.15, 0.2) is 5.11 Å². The average Bonchev–Trinajstić information content (AvgIpc) is 2.28. The molecule has 0 atom stereocenters. The van der Waals surface area contributed by atoms with Crippen LogP contribution >= 0.6 is 12.2 Å². The highest BCUT2D eigenvalue weighted by Gasteiger charge is 2.14. The molecule has 0 saturated heterocycles. The van der Waals surface area contributed by atoms with Crippen LogP contribution in [0.1, 0.15) is 17.3 Å². The van der Waals surface area contributed by atoms with Gasteiger partial charge >= 0.3 is 0 Å². The summed E-state index contributed by atoms with van der Waals surface area (Å²) < 4.78 is 5.26. The van der Waals surface area contributed by atoms with Gasteiger partial charge in [-0.25, -0.2) is 10.9 Å². The van der Waals surface area contributed by atoms with Gasteiger partial charge in [0, 0.05) is 5.56 Å². The van der Waals surface area contributed by atoms with Gasteiger partial charge in [-0.2, -0.15) is 0 Å². The molecule has 86 valence electrons. The maximum Gasteiger partial charge on any atom is 0.274 e. The van der Waals surface area contributed by atoms with E-state index in [9.17, 15) is 4.79 Å². The maximum atomic E-state index is 11.7. The largest absolute Gasteiger partial charge is 0.494 e. The van der Waals surface area contributed by atoms with E-state index in [4.69, 9.17) is 16.3 Å². The van der Waals surface area contributed by atoms with E-state index in [0.29, 0.717) is 17.9 Å². The average molecular weight is 239 g/mol. The lowest BCUT2D eigenvalue weighted by atomic mass is 10.2. The molecule has 0 saturated carbocycles. The molecular formula is C10H13N3O2S. The van der Waals surface area contributed by atoms with Crippen molar-refractivity contribution in [1.29, 1.82) is 0 Å². The molecule has 1 amide bonds. The summed E-state index contributed by atoms with van der Waals surface area (Å²) in [6.07, 6.45) is 0. The second-order valence-corrected chi connectivity index (χ2v) is 3.39. The Labute approximate surface area is 98.9 Å². The molecule has 0 bridgehead atoms. The van der Waals surface area contributed by atoms with E-state index in [1.54, 1.807) is 24.3 Å². The van der Waals surface area contributed by atoms with Gasteiger partial charge in [-0.05, 0) is 37.3 Å². The molecule has 0 aliphatic heterocycles. The normalized spacial score (nSPS) is 9.62. The van der Waals surface area contributed by atoms with Crippen LogP contribution in [-0.2, 0) is 0 Å². The van der Waals surface area contributed by atoms with Crippen molar-refractivity contribution in [1.82, 2.24) is 5.01 Å². The molecule has 1 aromatic carbocycles. The van der Waals surface area contributed by atoms with Crippen molar-refractivity contribution in [2.45, 2.75) is 6.92 Å². The van der Waals surface area contributed by atoms with E-state index >= 15 is 0 Å². The van der Waals surface area contributed by atoms with Crippen molar-refractivity contribution in [2.75, 3.05) is 6.61 Å². The highest BCUT2D eigenvalue weighted by molar-refractivity contribution is 7.80. The highest BCUT2D eigenvalue weighted by atomic mass is 32.1. The van der Waals surface area contributed by atoms with Crippen LogP contribution < -0.4 is 16.3 Å². The number of nitrogens with two attached hydrogens (primary N) is 2. The minimum Gasteiger partial charge on any atom is -0.494 e. The fourth-order valence-electron chi connectivity index (χ4n) is 1.12. The van der Waals surface area contributed by atoms with E-state index in [-0.39, 0.29) is 5.11 Å². The van der Waals surface area contributed by atoms with Crippen LogP contribution in [0.15, 0.2) is 24.3 Å². The first-order valence-electron chi connectivity index (χ1n) is 4.67. The molecule has 16 heavy (non-hydrogen) atoms. The number of benzene rings is 1. The molecule has 0 unspecified atom stereocenters. The zero-order valence-corrected chi connectivity index (χ0v) is 9.66. The molecule has 0 spiro atoms. The van der Waals surface area contributed by atoms with Crippen molar-refractivity contribution in [2.24, 2.45) is 11.6 Å². The lowest BCUT2D eigenvalue weighted by Crippen LogP contribution is -2.45. The number of carbonyl (C=O) groups excluding carboxylic acids is 1. The second kappa shape index (κ2) is 5.43. The zero-order valence-electron chi connectivity index (χ0n) is 8.84. The number of hydrogen-bond donors (Lipinski definition) is 2. The third kappa shape index (κ3) is 2.91. The minimum absolute atomic E-state index is 0.174. The van der Waals surface area contributed by atoms with Crippen LogP contribution in [0.25, 0.3) is 0 Å². The topological polar surface area (TPSA) is 81.6 Å². The monoisotopic (exact) mass is 239 g/mol. The van der Waals surface area contributed by atoms with Gasteiger partial charge < -0.3 is 10.5 Å². The fraction of sp³-hybridized carbons (Fsp3) is 0.200. The molecule has 1 rings (SSSR count). The Balaban J connectivity index is 2.91. The summed E-state index contributed by atoms with van der Waals surface area (Å²) in [6.45, 7) is 2.39. The molecule has 0 aliphatic rings. The SMILES string of the molecule is CCOc1cccc(C(=O)N(N)C(N)=S)c1. The molecule has 0 aromatic heterocycles. The number of hydrazine groups is 1. The molecular weight excluding hydrogens is 226 g/mol. The van der Waals surface area contributed by atoms with Gasteiger partial charge in [0.05, 0.1) is 6.61 Å². The Kier molecular flexibility index (Phi) is 4.21. The minimum atomic E-state index is -0.464. The standard InChI is InChI=1S/C10H13N3O2S/c1-2-15-8-5-3-4-7(6-8)9(14)13(12)10(11)16/h3-6H,2,12H2,1H3,(H2,11,16). The third-order valence-corrected chi connectivity index (χ3v) is 2.04. The van der Waals surface area contributed by atoms with E-state index in [2.05, 4.69) is 12.2 Å². The zero-order chi connectivity index (χ0) is 12.1. The van der Waals surface area contributed by atoms with Gasteiger partial charge in [0.1, 0.15) is 5.75 Å². The van der Waals surface area contributed by atoms with Crippen LogP contribution in [0.3, 0.4) is 0 Å². The summed E-state index contributed by atoms with van der Waals surface area (Å²) in [5.41, 5.74) is 5.63. The van der Waals surface area contributed by atoms with E-state index in [0.717, 1.165) is 5.01 Å². The molecule has 0 heterocycles. The van der Waals surface area contributed by atoms with E-state index < -0.39 is 5.91 Å². The van der Waals surface area contributed by atoms with Crippen LogP contribution in [0.4, 0.5) is 0 Å². The van der Waals surface area contributed by atoms with Crippen LogP contribution in [0.2, 0.25) is 0 Å². The predicted octanol–water partition coefficient (Wildman–Crippen LogP) is 0.645. The lowest BCUT2D eigenvalue weighted by Gasteiger charge is -2.14. The summed E-state index contributed by atoms with van der Waals surface area (Å²) in [6, 6.07) is 6.65. The first-order valence-corrected chi connectivity index (χ1v) is 5.08. The molecule has 1 aromatic rings. The Morgan fingerprint density at radius 1 is 1.56 bits per heavy atom. The predicted molar refractivity (Wildman–Crippen MR) is 64.8 cm³/mol. The van der Waals surface area contributed by atoms with Gasteiger partial charge in [0.2, 0.25) is 0 Å². The van der Waals surface area contributed by atoms with Gasteiger partial charge in [-0.1, -0.05) is 6.07 Å². The smallest absolute Gasteiger partial charge is 0.274 e. The van der Waals surface area contributed by atoms with Gasteiger partial charge in [-0.15, -0.1) is 0 Å². The molecule has 5 nitrogen and oxygen atoms in total. The molecule has 4 N–H and O–H groups in total. The maximum absolute atomic E-state index is 11.7. The third-order valence-electron chi connectivity index (χ3n) is 1.85. The number of ether oxygens (including phenoxy) is 1. The lowest BCUT2D eigenvalue weighted by molar-refractivity contribution is 0.0848. The van der Waals surface area contributed by atoms with Crippen molar-refractivity contribution in [3.8, 4) is 5.75 Å². The molecule has 0 radical (unpaired) electrons. The fourth-order valence-corrected chi connectivity index (χ4v) is 1.21. The first-order chi connectivity index (χ1) is 7.56. The van der Waals surface area contributed by atoms with Crippen LogP contribution in [0, 0.1) is 0 Å². The number of rotatable bonds is 3. The summed E-state index contributed by atoms with van der Waals surface area (Å²) >= 11 is 4.61.